The summed E-state index contributed by atoms with van der Waals surface area (Å²) in [6.45, 7) is 5.00. The maximum absolute atomic E-state index is 12.7. The Morgan fingerprint density at radius 2 is 2.17 bits per heavy atom. The van der Waals surface area contributed by atoms with Crippen LogP contribution < -0.4 is 10.1 Å². The molecule has 1 saturated carbocycles. The second-order valence-corrected chi connectivity index (χ2v) is 7.74. The fraction of sp³-hybridized carbons (Fsp3) is 0.471. The molecule has 1 N–H and O–H groups in total. The summed E-state index contributed by atoms with van der Waals surface area (Å²) >= 11 is 1.25. The van der Waals surface area contributed by atoms with Gasteiger partial charge in [-0.2, -0.15) is 4.37 Å². The first-order valence-electron chi connectivity index (χ1n) is 8.17. The van der Waals surface area contributed by atoms with E-state index in [-0.39, 0.29) is 6.03 Å². The fourth-order valence-corrected chi connectivity index (χ4v) is 3.53. The van der Waals surface area contributed by atoms with Gasteiger partial charge >= 0.3 is 6.03 Å². The summed E-state index contributed by atoms with van der Waals surface area (Å²) in [6.07, 6.45) is 2.30. The number of nitrogens with one attached hydrogen (secondary N) is 1. The van der Waals surface area contributed by atoms with Gasteiger partial charge in [0.15, 0.2) is 0 Å². The monoisotopic (exact) mass is 344 g/mol. The van der Waals surface area contributed by atoms with E-state index in [1.807, 2.05) is 38.1 Å². The Morgan fingerprint density at radius 1 is 1.38 bits per heavy atom. The third kappa shape index (κ3) is 3.21. The molecule has 2 aliphatic rings. The molecule has 24 heavy (non-hydrogen) atoms. The van der Waals surface area contributed by atoms with E-state index >= 15 is 0 Å². The van der Waals surface area contributed by atoms with Crippen LogP contribution in [0.4, 0.5) is 9.93 Å². The minimum atomic E-state index is -0.454. The fourth-order valence-electron chi connectivity index (χ4n) is 2.89. The van der Waals surface area contributed by atoms with Crippen molar-refractivity contribution in [2.24, 2.45) is 0 Å². The van der Waals surface area contributed by atoms with E-state index in [1.54, 1.807) is 4.90 Å². The average molecular weight is 344 g/mol. The number of carbonyl (C=O) groups is 1. The molecule has 6 nitrogen and oxygen atoms in total. The lowest BCUT2D eigenvalue weighted by Gasteiger charge is -2.29. The highest BCUT2D eigenvalue weighted by atomic mass is 32.1. The maximum Gasteiger partial charge on any atom is 0.324 e. The molecule has 2 aromatic rings. The van der Waals surface area contributed by atoms with Gasteiger partial charge in [-0.15, -0.1) is 0 Å². The number of carbonyl (C=O) groups excluding carboxylic acids is 1. The van der Waals surface area contributed by atoms with Crippen LogP contribution in [-0.4, -0.2) is 32.4 Å². The Bertz CT molecular complexity index is 769. The topological polar surface area (TPSA) is 67.4 Å². The smallest absolute Gasteiger partial charge is 0.324 e. The number of urea groups is 1. The van der Waals surface area contributed by atoms with Crippen LogP contribution >= 0.6 is 11.5 Å². The predicted octanol–water partition coefficient (Wildman–Crippen LogP) is 3.62. The highest BCUT2D eigenvalue weighted by Crippen LogP contribution is 2.39. The molecule has 2 amide bonds. The number of rotatable bonds is 2. The molecule has 0 bridgehead atoms. The van der Waals surface area contributed by atoms with Crippen LogP contribution in [0.2, 0.25) is 0 Å². The van der Waals surface area contributed by atoms with Crippen molar-refractivity contribution in [1.82, 2.24) is 14.3 Å². The minimum Gasteiger partial charge on any atom is -0.486 e. The molecule has 1 aliphatic carbocycles. The molecular formula is C17H20N4O2S. The van der Waals surface area contributed by atoms with Crippen LogP contribution in [0.25, 0.3) is 0 Å². The zero-order chi connectivity index (χ0) is 16.7. The standard InChI is InChI=1S/C17H20N4O2S/c1-17(2)10-21(9-12-5-3-4-6-13(12)23-17)16(22)19-15-18-14(20-24-15)11-7-8-11/h3-6,11H,7-10H2,1-2H3,(H,18,19,20,22). The van der Waals surface area contributed by atoms with Crippen LogP contribution in [0.5, 0.6) is 5.75 Å². The summed E-state index contributed by atoms with van der Waals surface area (Å²) in [5.74, 6) is 2.19. The van der Waals surface area contributed by atoms with Gasteiger partial charge in [0.05, 0.1) is 13.1 Å². The third-order valence-corrected chi connectivity index (χ3v) is 4.82. The molecule has 0 radical (unpaired) electrons. The lowest BCUT2D eigenvalue weighted by Crippen LogP contribution is -2.44. The highest BCUT2D eigenvalue weighted by Gasteiger charge is 2.32. The van der Waals surface area contributed by atoms with E-state index in [0.29, 0.717) is 24.1 Å². The number of aromatic nitrogens is 2. The number of para-hydroxylation sites is 1. The van der Waals surface area contributed by atoms with Crippen LogP contribution in [0.15, 0.2) is 24.3 Å². The van der Waals surface area contributed by atoms with Gasteiger partial charge in [-0.1, -0.05) is 18.2 Å². The molecule has 1 aliphatic heterocycles. The van der Waals surface area contributed by atoms with E-state index in [4.69, 9.17) is 4.74 Å². The van der Waals surface area contributed by atoms with Crippen LogP contribution in [0.1, 0.15) is 44.0 Å². The van der Waals surface area contributed by atoms with Crippen molar-refractivity contribution in [2.75, 3.05) is 11.9 Å². The van der Waals surface area contributed by atoms with E-state index in [0.717, 1.165) is 30.0 Å². The number of amides is 2. The minimum absolute atomic E-state index is 0.165. The number of anilines is 1. The highest BCUT2D eigenvalue weighted by molar-refractivity contribution is 7.09. The van der Waals surface area contributed by atoms with Gasteiger partial charge < -0.3 is 9.64 Å². The number of hydrogen-bond acceptors (Lipinski definition) is 5. The Balaban J connectivity index is 1.52. The van der Waals surface area contributed by atoms with Crippen molar-refractivity contribution < 1.29 is 9.53 Å². The number of benzene rings is 1. The zero-order valence-corrected chi connectivity index (χ0v) is 14.6. The van der Waals surface area contributed by atoms with E-state index in [2.05, 4.69) is 14.7 Å². The molecule has 126 valence electrons. The summed E-state index contributed by atoms with van der Waals surface area (Å²) in [5, 5.41) is 3.46. The summed E-state index contributed by atoms with van der Waals surface area (Å²) in [7, 11) is 0. The van der Waals surface area contributed by atoms with E-state index < -0.39 is 5.60 Å². The lowest BCUT2D eigenvalue weighted by atomic mass is 10.1. The second-order valence-electron chi connectivity index (χ2n) is 6.99. The second kappa shape index (κ2) is 5.73. The Labute approximate surface area is 145 Å². The Hall–Kier alpha value is -2.15. The predicted molar refractivity (Wildman–Crippen MR) is 92.5 cm³/mol. The largest absolute Gasteiger partial charge is 0.486 e. The molecule has 1 fully saturated rings. The van der Waals surface area contributed by atoms with Crippen LogP contribution in [-0.2, 0) is 6.54 Å². The van der Waals surface area contributed by atoms with Crippen molar-refractivity contribution >= 4 is 22.7 Å². The van der Waals surface area contributed by atoms with E-state index in [1.165, 1.54) is 11.5 Å². The molecular weight excluding hydrogens is 324 g/mol. The zero-order valence-electron chi connectivity index (χ0n) is 13.8. The van der Waals surface area contributed by atoms with Gasteiger partial charge in [-0.25, -0.2) is 9.78 Å². The first-order chi connectivity index (χ1) is 11.5. The molecule has 0 spiro atoms. The lowest BCUT2D eigenvalue weighted by molar-refractivity contribution is 0.0835. The molecule has 1 aromatic carbocycles. The number of ether oxygens (including phenoxy) is 1. The number of hydrogen-bond donors (Lipinski definition) is 1. The normalized spacial score (nSPS) is 19.2. The molecule has 0 saturated heterocycles. The molecule has 0 atom stereocenters. The van der Waals surface area contributed by atoms with Gasteiger partial charge in [-0.3, -0.25) is 5.32 Å². The van der Waals surface area contributed by atoms with Crippen molar-refractivity contribution in [3.05, 3.63) is 35.7 Å². The first-order valence-corrected chi connectivity index (χ1v) is 8.94. The Kier molecular flexibility index (Phi) is 3.68. The first kappa shape index (κ1) is 15.4. The van der Waals surface area contributed by atoms with Crippen molar-refractivity contribution in [2.45, 2.75) is 44.8 Å². The molecule has 2 heterocycles. The van der Waals surface area contributed by atoms with Crippen molar-refractivity contribution in [1.29, 1.82) is 0 Å². The van der Waals surface area contributed by atoms with Crippen molar-refractivity contribution in [3.63, 3.8) is 0 Å². The summed E-state index contributed by atoms with van der Waals surface area (Å²) in [5.41, 5.74) is 0.554. The summed E-state index contributed by atoms with van der Waals surface area (Å²) in [4.78, 5) is 18.9. The van der Waals surface area contributed by atoms with E-state index in [9.17, 15) is 4.79 Å². The molecule has 0 unspecified atom stereocenters. The van der Waals surface area contributed by atoms with Crippen LogP contribution in [0, 0.1) is 0 Å². The van der Waals surface area contributed by atoms with Gasteiger partial charge in [-0.05, 0) is 32.8 Å². The summed E-state index contributed by atoms with van der Waals surface area (Å²) in [6, 6.07) is 7.69. The van der Waals surface area contributed by atoms with Crippen molar-refractivity contribution in [3.8, 4) is 5.75 Å². The maximum atomic E-state index is 12.7. The molecule has 4 rings (SSSR count). The number of nitrogens with zero attached hydrogens (tertiary/aromatic N) is 3. The SMILES string of the molecule is CC1(C)CN(C(=O)Nc2nc(C3CC3)ns2)Cc2ccccc2O1. The number of fused-ring (bicyclic) bond motifs is 1. The van der Waals surface area contributed by atoms with Gasteiger partial charge in [0, 0.05) is 23.0 Å². The van der Waals surface area contributed by atoms with Gasteiger partial charge in [0.1, 0.15) is 17.2 Å². The average Bonchev–Trinajstić information content (AvgIpc) is 3.29. The van der Waals surface area contributed by atoms with Gasteiger partial charge in [0.25, 0.3) is 0 Å². The quantitative estimate of drug-likeness (QED) is 0.903. The third-order valence-electron chi connectivity index (χ3n) is 4.18. The van der Waals surface area contributed by atoms with Crippen LogP contribution in [0.3, 0.4) is 0 Å². The summed E-state index contributed by atoms with van der Waals surface area (Å²) < 4.78 is 10.4. The molecule has 7 heteroatoms. The Morgan fingerprint density at radius 3 is 2.96 bits per heavy atom. The van der Waals surface area contributed by atoms with Gasteiger partial charge in [0.2, 0.25) is 5.13 Å². The molecule has 1 aromatic heterocycles.